The van der Waals surface area contributed by atoms with Crippen LogP contribution in [0.3, 0.4) is 0 Å². The van der Waals surface area contributed by atoms with Crippen LogP contribution in [0.4, 0.5) is 4.39 Å². The van der Waals surface area contributed by atoms with Gasteiger partial charge in [0.05, 0.1) is 6.10 Å². The third-order valence-corrected chi connectivity index (χ3v) is 2.47. The number of halogens is 1. The predicted octanol–water partition coefficient (Wildman–Crippen LogP) is 2.59. The van der Waals surface area contributed by atoms with Crippen LogP contribution in [-0.2, 0) is 0 Å². The molecule has 1 fully saturated rings. The molecule has 2 rings (SSSR count). The molecule has 2 N–H and O–H groups in total. The molecule has 1 saturated carbocycles. The Hall–Kier alpha value is -1.09. The van der Waals surface area contributed by atoms with E-state index in [0.717, 1.165) is 18.6 Å². The normalized spacial score (nSPS) is 17.5. The lowest BCUT2D eigenvalue weighted by atomic mass is 10.1. The van der Waals surface area contributed by atoms with E-state index in [1.54, 1.807) is 12.1 Å². The first kappa shape index (κ1) is 10.4. The van der Waals surface area contributed by atoms with Crippen LogP contribution in [0.25, 0.3) is 0 Å². The molecule has 0 bridgehead atoms. The Morgan fingerprint density at radius 2 is 2.27 bits per heavy atom. The van der Waals surface area contributed by atoms with E-state index >= 15 is 0 Å². The zero-order chi connectivity index (χ0) is 10.7. The molecule has 0 heterocycles. The average Bonchev–Trinajstić information content (AvgIpc) is 3.03. The molecule has 0 spiro atoms. The Kier molecular flexibility index (Phi) is 3.21. The maximum atomic E-state index is 13.5. The smallest absolute Gasteiger partial charge is 0.126 e. The van der Waals surface area contributed by atoms with Crippen LogP contribution >= 0.6 is 0 Å². The van der Waals surface area contributed by atoms with Gasteiger partial charge in [-0.2, -0.15) is 0 Å². The topological polar surface area (TPSA) is 35.2 Å². The zero-order valence-electron chi connectivity index (χ0n) is 8.66. The van der Waals surface area contributed by atoms with Gasteiger partial charge >= 0.3 is 0 Å². The Morgan fingerprint density at radius 1 is 1.47 bits per heavy atom. The molecule has 0 radical (unpaired) electrons. The van der Waals surface area contributed by atoms with Crippen LogP contribution in [0.15, 0.2) is 24.3 Å². The summed E-state index contributed by atoms with van der Waals surface area (Å²) in [5.74, 6) is 0.773. The lowest BCUT2D eigenvalue weighted by Gasteiger charge is -2.09. The van der Waals surface area contributed by atoms with Crippen molar-refractivity contribution in [3.8, 4) is 5.75 Å². The zero-order valence-corrected chi connectivity index (χ0v) is 8.66. The fourth-order valence-corrected chi connectivity index (χ4v) is 1.47. The van der Waals surface area contributed by atoms with Gasteiger partial charge in [0.15, 0.2) is 0 Å². The highest BCUT2D eigenvalue weighted by Crippen LogP contribution is 2.29. The number of nitrogens with two attached hydrogens (primary N) is 1. The first-order chi connectivity index (χ1) is 7.29. The number of alkyl halides is 1. The SMILES string of the molecule is NCCC(F)c1cccc(OC2CC2)c1. The Balaban J connectivity index is 2.03. The van der Waals surface area contributed by atoms with E-state index in [2.05, 4.69) is 0 Å². The second kappa shape index (κ2) is 4.62. The van der Waals surface area contributed by atoms with E-state index in [1.165, 1.54) is 0 Å². The molecule has 82 valence electrons. The number of benzene rings is 1. The lowest BCUT2D eigenvalue weighted by molar-refractivity contribution is 0.298. The van der Waals surface area contributed by atoms with Crippen molar-refractivity contribution in [1.82, 2.24) is 0 Å². The highest BCUT2D eigenvalue weighted by Gasteiger charge is 2.23. The second-order valence-corrected chi connectivity index (χ2v) is 3.93. The molecule has 3 heteroatoms. The molecule has 1 unspecified atom stereocenters. The highest BCUT2D eigenvalue weighted by atomic mass is 19.1. The van der Waals surface area contributed by atoms with Crippen molar-refractivity contribution in [2.75, 3.05) is 6.54 Å². The first-order valence-corrected chi connectivity index (χ1v) is 5.40. The Labute approximate surface area is 89.2 Å². The third kappa shape index (κ3) is 2.93. The number of hydrogen-bond donors (Lipinski definition) is 1. The summed E-state index contributed by atoms with van der Waals surface area (Å²) in [6, 6.07) is 7.26. The summed E-state index contributed by atoms with van der Waals surface area (Å²) in [5.41, 5.74) is 5.99. The van der Waals surface area contributed by atoms with Crippen LogP contribution in [0, 0.1) is 0 Å². The van der Waals surface area contributed by atoms with Gasteiger partial charge in [-0.25, -0.2) is 4.39 Å². The van der Waals surface area contributed by atoms with Crippen molar-refractivity contribution in [2.45, 2.75) is 31.5 Å². The van der Waals surface area contributed by atoms with E-state index in [9.17, 15) is 4.39 Å². The molecule has 0 aromatic heterocycles. The van der Waals surface area contributed by atoms with Gasteiger partial charge < -0.3 is 10.5 Å². The molecule has 0 aliphatic heterocycles. The summed E-state index contributed by atoms with van der Waals surface area (Å²) in [5, 5.41) is 0. The van der Waals surface area contributed by atoms with Gasteiger partial charge in [-0.05, 0) is 43.5 Å². The van der Waals surface area contributed by atoms with Crippen LogP contribution in [0.2, 0.25) is 0 Å². The summed E-state index contributed by atoms with van der Waals surface area (Å²) in [6.07, 6.45) is 1.98. The van der Waals surface area contributed by atoms with Gasteiger partial charge in [0.1, 0.15) is 11.9 Å². The molecule has 0 saturated heterocycles. The van der Waals surface area contributed by atoms with Crippen LogP contribution in [-0.4, -0.2) is 12.6 Å². The summed E-state index contributed by atoms with van der Waals surface area (Å²) in [6.45, 7) is 0.370. The van der Waals surface area contributed by atoms with Crippen molar-refractivity contribution in [2.24, 2.45) is 5.73 Å². The van der Waals surface area contributed by atoms with Crippen LogP contribution in [0.1, 0.15) is 31.0 Å². The third-order valence-electron chi connectivity index (χ3n) is 2.47. The van der Waals surface area contributed by atoms with Crippen LogP contribution in [0.5, 0.6) is 5.75 Å². The molecule has 2 nitrogen and oxygen atoms in total. The lowest BCUT2D eigenvalue weighted by Crippen LogP contribution is -2.04. The van der Waals surface area contributed by atoms with Crippen molar-refractivity contribution >= 4 is 0 Å². The molecule has 1 aromatic rings. The summed E-state index contributed by atoms with van der Waals surface area (Å²) < 4.78 is 19.1. The summed E-state index contributed by atoms with van der Waals surface area (Å²) in [7, 11) is 0. The minimum absolute atomic E-state index is 0.354. The minimum atomic E-state index is -0.974. The molecule has 15 heavy (non-hydrogen) atoms. The monoisotopic (exact) mass is 209 g/mol. The van der Waals surface area contributed by atoms with E-state index in [4.69, 9.17) is 10.5 Å². The van der Waals surface area contributed by atoms with E-state index in [0.29, 0.717) is 24.6 Å². The standard InChI is InChI=1S/C12H16FNO/c13-12(6-7-14)9-2-1-3-11(8-9)15-10-4-5-10/h1-3,8,10,12H,4-7,14H2. The van der Waals surface area contributed by atoms with Crippen LogP contribution < -0.4 is 10.5 Å². The van der Waals surface area contributed by atoms with Gasteiger partial charge in [0.25, 0.3) is 0 Å². The molecular weight excluding hydrogens is 193 g/mol. The van der Waals surface area contributed by atoms with Crippen molar-refractivity contribution in [3.63, 3.8) is 0 Å². The Bertz CT molecular complexity index is 325. The van der Waals surface area contributed by atoms with Gasteiger partial charge in [-0.3, -0.25) is 0 Å². The molecule has 0 amide bonds. The number of rotatable bonds is 5. The molecule has 1 aliphatic rings. The van der Waals surface area contributed by atoms with Crippen molar-refractivity contribution < 1.29 is 9.13 Å². The minimum Gasteiger partial charge on any atom is -0.490 e. The fourth-order valence-electron chi connectivity index (χ4n) is 1.47. The van der Waals surface area contributed by atoms with Gasteiger partial charge in [0, 0.05) is 0 Å². The van der Waals surface area contributed by atoms with Crippen molar-refractivity contribution in [1.29, 1.82) is 0 Å². The summed E-state index contributed by atoms with van der Waals surface area (Å²) >= 11 is 0. The molecule has 1 atom stereocenters. The van der Waals surface area contributed by atoms with E-state index < -0.39 is 6.17 Å². The first-order valence-electron chi connectivity index (χ1n) is 5.40. The van der Waals surface area contributed by atoms with E-state index in [1.807, 2.05) is 12.1 Å². The molecule has 1 aliphatic carbocycles. The van der Waals surface area contributed by atoms with Crippen molar-refractivity contribution in [3.05, 3.63) is 29.8 Å². The van der Waals surface area contributed by atoms with Gasteiger partial charge in [-0.15, -0.1) is 0 Å². The quantitative estimate of drug-likeness (QED) is 0.809. The number of ether oxygens (including phenoxy) is 1. The second-order valence-electron chi connectivity index (χ2n) is 3.93. The fraction of sp³-hybridized carbons (Fsp3) is 0.500. The predicted molar refractivity (Wildman–Crippen MR) is 57.6 cm³/mol. The molecular formula is C12H16FNO. The highest BCUT2D eigenvalue weighted by molar-refractivity contribution is 5.30. The maximum absolute atomic E-state index is 13.5. The number of hydrogen-bond acceptors (Lipinski definition) is 2. The van der Waals surface area contributed by atoms with Gasteiger partial charge in [0.2, 0.25) is 0 Å². The van der Waals surface area contributed by atoms with Gasteiger partial charge in [-0.1, -0.05) is 12.1 Å². The maximum Gasteiger partial charge on any atom is 0.126 e. The molecule has 1 aromatic carbocycles. The van der Waals surface area contributed by atoms with E-state index in [-0.39, 0.29) is 0 Å². The average molecular weight is 209 g/mol. The largest absolute Gasteiger partial charge is 0.490 e. The summed E-state index contributed by atoms with van der Waals surface area (Å²) in [4.78, 5) is 0. The Morgan fingerprint density at radius 3 is 2.93 bits per heavy atom.